The lowest BCUT2D eigenvalue weighted by molar-refractivity contribution is -0.153. The van der Waals surface area contributed by atoms with Gasteiger partial charge in [-0.3, -0.25) is 0 Å². The standard InChI is InChI=1S/C12H22O2/c1-9(2)10(13)14-12(6,7)8-11(3,4)5/h1,8H2,2-7H3. The van der Waals surface area contributed by atoms with Crippen molar-refractivity contribution in [2.45, 2.75) is 53.6 Å². The van der Waals surface area contributed by atoms with Crippen molar-refractivity contribution in [1.82, 2.24) is 0 Å². The van der Waals surface area contributed by atoms with Crippen LogP contribution in [0.5, 0.6) is 0 Å². The SMILES string of the molecule is C=C(C)C(=O)OC(C)(C)CC(C)(C)C. The molecule has 2 nitrogen and oxygen atoms in total. The molecule has 0 aromatic carbocycles. The monoisotopic (exact) mass is 198 g/mol. The number of carbonyl (C=O) groups excluding carboxylic acids is 1. The highest BCUT2D eigenvalue weighted by molar-refractivity contribution is 5.87. The predicted octanol–water partition coefficient (Wildman–Crippen LogP) is 3.32. The predicted molar refractivity (Wildman–Crippen MR) is 59.1 cm³/mol. The quantitative estimate of drug-likeness (QED) is 0.513. The third kappa shape index (κ3) is 5.79. The van der Waals surface area contributed by atoms with Gasteiger partial charge in [0.2, 0.25) is 0 Å². The highest BCUT2D eigenvalue weighted by Gasteiger charge is 2.29. The Morgan fingerprint density at radius 2 is 1.64 bits per heavy atom. The minimum atomic E-state index is -0.422. The molecule has 0 bridgehead atoms. The van der Waals surface area contributed by atoms with Crippen molar-refractivity contribution in [3.05, 3.63) is 12.2 Å². The molecular weight excluding hydrogens is 176 g/mol. The van der Waals surface area contributed by atoms with E-state index in [-0.39, 0.29) is 11.4 Å². The van der Waals surface area contributed by atoms with E-state index in [1.807, 2.05) is 13.8 Å². The van der Waals surface area contributed by atoms with Gasteiger partial charge in [0.1, 0.15) is 5.60 Å². The van der Waals surface area contributed by atoms with Crippen LogP contribution in [0.25, 0.3) is 0 Å². The number of carbonyl (C=O) groups is 1. The molecule has 0 spiro atoms. The summed E-state index contributed by atoms with van der Waals surface area (Å²) >= 11 is 0. The largest absolute Gasteiger partial charge is 0.456 e. The van der Waals surface area contributed by atoms with Crippen molar-refractivity contribution < 1.29 is 9.53 Å². The molecule has 0 amide bonds. The Bertz CT molecular complexity index is 231. The zero-order chi connectivity index (χ0) is 11.6. The summed E-state index contributed by atoms with van der Waals surface area (Å²) in [5.74, 6) is -0.306. The molecule has 0 heterocycles. The van der Waals surface area contributed by atoms with E-state index in [0.29, 0.717) is 5.57 Å². The lowest BCUT2D eigenvalue weighted by Gasteiger charge is -2.32. The Morgan fingerprint density at radius 3 is 1.93 bits per heavy atom. The maximum Gasteiger partial charge on any atom is 0.333 e. The van der Waals surface area contributed by atoms with Crippen molar-refractivity contribution in [3.63, 3.8) is 0 Å². The van der Waals surface area contributed by atoms with Crippen molar-refractivity contribution >= 4 is 5.97 Å². The van der Waals surface area contributed by atoms with Crippen LogP contribution in [-0.2, 0) is 9.53 Å². The average molecular weight is 198 g/mol. The second kappa shape index (κ2) is 4.16. The van der Waals surface area contributed by atoms with Crippen LogP contribution in [0.3, 0.4) is 0 Å². The Balaban J connectivity index is 4.35. The van der Waals surface area contributed by atoms with Gasteiger partial charge in [0, 0.05) is 5.57 Å². The third-order valence-electron chi connectivity index (χ3n) is 1.67. The van der Waals surface area contributed by atoms with Gasteiger partial charge in [0.05, 0.1) is 0 Å². The maximum atomic E-state index is 11.3. The summed E-state index contributed by atoms with van der Waals surface area (Å²) < 4.78 is 5.34. The Hall–Kier alpha value is -0.790. The number of ether oxygens (including phenoxy) is 1. The first kappa shape index (κ1) is 13.2. The molecule has 0 unspecified atom stereocenters. The summed E-state index contributed by atoms with van der Waals surface area (Å²) in [5.41, 5.74) is 0.180. The highest BCUT2D eigenvalue weighted by Crippen LogP contribution is 2.29. The molecule has 0 rings (SSSR count). The summed E-state index contributed by atoms with van der Waals surface area (Å²) in [4.78, 5) is 11.3. The molecule has 2 heteroatoms. The van der Waals surface area contributed by atoms with E-state index in [1.54, 1.807) is 6.92 Å². The van der Waals surface area contributed by atoms with Crippen LogP contribution in [-0.4, -0.2) is 11.6 Å². The van der Waals surface area contributed by atoms with Gasteiger partial charge in [-0.15, -0.1) is 0 Å². The molecule has 0 fully saturated rings. The van der Waals surface area contributed by atoms with Gasteiger partial charge in [-0.05, 0) is 32.6 Å². The summed E-state index contributed by atoms with van der Waals surface area (Å²) in [6, 6.07) is 0. The maximum absolute atomic E-state index is 11.3. The van der Waals surface area contributed by atoms with Crippen LogP contribution in [0.2, 0.25) is 0 Å². The molecule has 0 aromatic heterocycles. The lowest BCUT2D eigenvalue weighted by atomic mass is 9.83. The minimum Gasteiger partial charge on any atom is -0.456 e. The van der Waals surface area contributed by atoms with Gasteiger partial charge in [-0.25, -0.2) is 4.79 Å². The molecule has 0 radical (unpaired) electrons. The van der Waals surface area contributed by atoms with Crippen LogP contribution in [0.1, 0.15) is 48.0 Å². The van der Waals surface area contributed by atoms with Crippen LogP contribution in [0.4, 0.5) is 0 Å². The molecule has 0 atom stereocenters. The molecule has 0 N–H and O–H groups in total. The van der Waals surface area contributed by atoms with Crippen LogP contribution in [0.15, 0.2) is 12.2 Å². The Morgan fingerprint density at radius 1 is 1.21 bits per heavy atom. The lowest BCUT2D eigenvalue weighted by Crippen LogP contribution is -2.32. The molecule has 14 heavy (non-hydrogen) atoms. The van der Waals surface area contributed by atoms with Gasteiger partial charge in [-0.2, -0.15) is 0 Å². The Kier molecular flexibility index (Phi) is 3.92. The van der Waals surface area contributed by atoms with E-state index in [9.17, 15) is 4.79 Å². The minimum absolute atomic E-state index is 0.152. The second-order valence-electron chi connectivity index (χ2n) is 5.67. The number of hydrogen-bond acceptors (Lipinski definition) is 2. The third-order valence-corrected chi connectivity index (χ3v) is 1.67. The summed E-state index contributed by atoms with van der Waals surface area (Å²) in [6.45, 7) is 15.5. The van der Waals surface area contributed by atoms with Gasteiger partial charge in [0.15, 0.2) is 0 Å². The van der Waals surface area contributed by atoms with E-state index in [4.69, 9.17) is 4.74 Å². The van der Waals surface area contributed by atoms with Gasteiger partial charge in [-0.1, -0.05) is 27.4 Å². The van der Waals surface area contributed by atoms with E-state index in [0.717, 1.165) is 6.42 Å². The molecular formula is C12H22O2. The number of esters is 1. The first-order valence-electron chi connectivity index (χ1n) is 4.92. The van der Waals surface area contributed by atoms with E-state index >= 15 is 0 Å². The second-order valence-corrected chi connectivity index (χ2v) is 5.67. The van der Waals surface area contributed by atoms with Crippen LogP contribution < -0.4 is 0 Å². The zero-order valence-corrected chi connectivity index (χ0v) is 10.2. The molecule has 82 valence electrons. The van der Waals surface area contributed by atoms with Gasteiger partial charge < -0.3 is 4.74 Å². The fraction of sp³-hybridized carbons (Fsp3) is 0.750. The smallest absolute Gasteiger partial charge is 0.333 e. The first-order chi connectivity index (χ1) is 6.03. The van der Waals surface area contributed by atoms with Crippen LogP contribution in [0, 0.1) is 5.41 Å². The van der Waals surface area contributed by atoms with Crippen molar-refractivity contribution in [3.8, 4) is 0 Å². The molecule has 0 aliphatic heterocycles. The average Bonchev–Trinajstić information content (AvgIpc) is 1.78. The van der Waals surface area contributed by atoms with Crippen molar-refractivity contribution in [1.29, 1.82) is 0 Å². The molecule has 0 aliphatic carbocycles. The number of hydrogen-bond donors (Lipinski definition) is 0. The molecule has 0 saturated carbocycles. The van der Waals surface area contributed by atoms with E-state index in [2.05, 4.69) is 27.4 Å². The zero-order valence-electron chi connectivity index (χ0n) is 10.2. The van der Waals surface area contributed by atoms with Gasteiger partial charge in [0.25, 0.3) is 0 Å². The Labute approximate surface area is 87.3 Å². The van der Waals surface area contributed by atoms with E-state index in [1.165, 1.54) is 0 Å². The van der Waals surface area contributed by atoms with Crippen molar-refractivity contribution in [2.24, 2.45) is 5.41 Å². The van der Waals surface area contributed by atoms with E-state index < -0.39 is 5.60 Å². The number of rotatable bonds is 3. The summed E-state index contributed by atoms with van der Waals surface area (Å²) in [7, 11) is 0. The molecule has 0 aromatic rings. The fourth-order valence-corrected chi connectivity index (χ4v) is 1.65. The fourth-order valence-electron chi connectivity index (χ4n) is 1.65. The molecule has 0 aliphatic rings. The normalized spacial score (nSPS) is 12.4. The topological polar surface area (TPSA) is 26.3 Å². The highest BCUT2D eigenvalue weighted by atomic mass is 16.6. The summed E-state index contributed by atoms with van der Waals surface area (Å²) in [5, 5.41) is 0. The van der Waals surface area contributed by atoms with Crippen LogP contribution >= 0.6 is 0 Å². The van der Waals surface area contributed by atoms with Crippen molar-refractivity contribution in [2.75, 3.05) is 0 Å². The van der Waals surface area contributed by atoms with Gasteiger partial charge >= 0.3 is 5.97 Å². The summed E-state index contributed by atoms with van der Waals surface area (Å²) in [6.07, 6.45) is 0.832. The molecule has 0 saturated heterocycles. The first-order valence-corrected chi connectivity index (χ1v) is 4.92.